The van der Waals surface area contributed by atoms with E-state index in [1.807, 2.05) is 5.32 Å². The fourth-order valence-corrected chi connectivity index (χ4v) is 1.98. The number of hydrogen-bond donors (Lipinski definition) is 3. The van der Waals surface area contributed by atoms with E-state index >= 15 is 0 Å². The smallest absolute Gasteiger partial charge is 0.326 e. The Hall–Kier alpha value is -2.32. The summed E-state index contributed by atoms with van der Waals surface area (Å²) in [6, 6.07) is 3.55. The van der Waals surface area contributed by atoms with Crippen molar-refractivity contribution < 1.29 is 23.9 Å². The van der Waals surface area contributed by atoms with Gasteiger partial charge in [-0.3, -0.25) is 19.7 Å². The molecule has 130 valence electrons. The van der Waals surface area contributed by atoms with Crippen LogP contribution >= 0.6 is 23.2 Å². The van der Waals surface area contributed by atoms with E-state index in [0.29, 0.717) is 5.02 Å². The maximum absolute atomic E-state index is 11.9. The van der Waals surface area contributed by atoms with E-state index in [9.17, 15) is 19.2 Å². The van der Waals surface area contributed by atoms with Crippen LogP contribution in [-0.4, -0.2) is 43.5 Å². The molecular formula is C14H15Cl2N3O5. The molecule has 0 aliphatic rings. The van der Waals surface area contributed by atoms with Crippen molar-refractivity contribution in [2.75, 3.05) is 13.6 Å². The van der Waals surface area contributed by atoms with Gasteiger partial charge in [-0.05, 0) is 25.1 Å². The predicted molar refractivity (Wildman–Crippen MR) is 86.9 cm³/mol. The molecule has 4 amide bonds. The van der Waals surface area contributed by atoms with Gasteiger partial charge >= 0.3 is 12.0 Å². The van der Waals surface area contributed by atoms with E-state index in [1.54, 1.807) is 0 Å². The first-order valence-electron chi connectivity index (χ1n) is 6.70. The highest BCUT2D eigenvalue weighted by Gasteiger charge is 2.20. The van der Waals surface area contributed by atoms with Crippen molar-refractivity contribution in [3.05, 3.63) is 33.8 Å². The molecule has 24 heavy (non-hydrogen) atoms. The number of hydrogen-bond acceptors (Lipinski definition) is 5. The molecular weight excluding hydrogens is 361 g/mol. The third-order valence-electron chi connectivity index (χ3n) is 2.71. The topological polar surface area (TPSA) is 114 Å². The monoisotopic (exact) mass is 375 g/mol. The average Bonchev–Trinajstić information content (AvgIpc) is 2.52. The molecule has 0 spiro atoms. The van der Waals surface area contributed by atoms with E-state index in [4.69, 9.17) is 27.9 Å². The molecule has 0 aliphatic carbocycles. The molecule has 1 atom stereocenters. The Morgan fingerprint density at radius 2 is 1.88 bits per heavy atom. The molecule has 8 nitrogen and oxygen atoms in total. The number of carbonyl (C=O) groups excluding carboxylic acids is 4. The second kappa shape index (κ2) is 9.09. The zero-order chi connectivity index (χ0) is 18.3. The Morgan fingerprint density at radius 3 is 2.46 bits per heavy atom. The Balaban J connectivity index is 2.49. The molecule has 0 radical (unpaired) electrons. The van der Waals surface area contributed by atoms with Gasteiger partial charge in [0.1, 0.15) is 6.54 Å². The molecule has 3 N–H and O–H groups in total. The van der Waals surface area contributed by atoms with Crippen molar-refractivity contribution in [1.29, 1.82) is 0 Å². The third kappa shape index (κ3) is 6.05. The second-order valence-electron chi connectivity index (χ2n) is 4.51. The van der Waals surface area contributed by atoms with Gasteiger partial charge in [0, 0.05) is 12.1 Å². The standard InChI is InChI=1S/C14H15Cl2N3O5/c1-7(12(21)19-14(23)17-2)24-11(20)6-18-13(22)9-4-3-8(15)5-10(9)16/h3-5,7H,6H2,1-2H3,(H,18,22)(H2,17,19,21,23). The number of urea groups is 1. The van der Waals surface area contributed by atoms with E-state index in [-0.39, 0.29) is 10.6 Å². The SMILES string of the molecule is CNC(=O)NC(=O)C(C)OC(=O)CNC(=O)c1ccc(Cl)cc1Cl. The molecule has 0 aliphatic heterocycles. The second-order valence-corrected chi connectivity index (χ2v) is 5.35. The van der Waals surface area contributed by atoms with Crippen LogP contribution in [0.5, 0.6) is 0 Å². The van der Waals surface area contributed by atoms with Crippen LogP contribution in [-0.2, 0) is 14.3 Å². The predicted octanol–water partition coefficient (Wildman–Crippen LogP) is 1.11. The summed E-state index contributed by atoms with van der Waals surface area (Å²) >= 11 is 11.6. The summed E-state index contributed by atoms with van der Waals surface area (Å²) in [4.78, 5) is 46.0. The fraction of sp³-hybridized carbons (Fsp3) is 0.286. The molecule has 10 heteroatoms. The number of esters is 1. The third-order valence-corrected chi connectivity index (χ3v) is 3.26. The number of halogens is 2. The molecule has 1 unspecified atom stereocenters. The molecule has 0 fully saturated rings. The number of nitrogens with one attached hydrogen (secondary N) is 3. The van der Waals surface area contributed by atoms with Gasteiger partial charge < -0.3 is 15.4 Å². The van der Waals surface area contributed by atoms with Gasteiger partial charge in [0.05, 0.1) is 10.6 Å². The van der Waals surface area contributed by atoms with Crippen molar-refractivity contribution in [3.8, 4) is 0 Å². The minimum absolute atomic E-state index is 0.131. The zero-order valence-electron chi connectivity index (χ0n) is 12.8. The Morgan fingerprint density at radius 1 is 1.21 bits per heavy atom. The van der Waals surface area contributed by atoms with Crippen molar-refractivity contribution >= 4 is 47.0 Å². The summed E-state index contributed by atoms with van der Waals surface area (Å²) < 4.78 is 4.79. The summed E-state index contributed by atoms with van der Waals surface area (Å²) in [6.07, 6.45) is -1.20. The van der Waals surface area contributed by atoms with Crippen molar-refractivity contribution in [2.45, 2.75) is 13.0 Å². The van der Waals surface area contributed by atoms with Crippen LogP contribution in [0.25, 0.3) is 0 Å². The number of amides is 4. The van der Waals surface area contributed by atoms with Crippen LogP contribution in [0, 0.1) is 0 Å². The van der Waals surface area contributed by atoms with Gasteiger partial charge in [-0.25, -0.2) is 4.79 Å². The van der Waals surface area contributed by atoms with E-state index < -0.39 is 36.5 Å². The molecule has 0 heterocycles. The number of imide groups is 1. The zero-order valence-corrected chi connectivity index (χ0v) is 14.3. The minimum atomic E-state index is -1.20. The molecule has 1 aromatic carbocycles. The van der Waals surface area contributed by atoms with E-state index in [0.717, 1.165) is 0 Å². The summed E-state index contributed by atoms with van der Waals surface area (Å²) in [5, 5.41) is 6.94. The first-order chi connectivity index (χ1) is 11.2. The first-order valence-corrected chi connectivity index (χ1v) is 7.45. The molecule has 1 rings (SSSR count). The van der Waals surface area contributed by atoms with Gasteiger partial charge in [-0.1, -0.05) is 23.2 Å². The molecule has 1 aromatic rings. The number of benzene rings is 1. The number of ether oxygens (including phenoxy) is 1. The highest BCUT2D eigenvalue weighted by molar-refractivity contribution is 6.36. The lowest BCUT2D eigenvalue weighted by Gasteiger charge is -2.13. The lowest BCUT2D eigenvalue weighted by Crippen LogP contribution is -2.44. The van der Waals surface area contributed by atoms with Crippen LogP contribution in [0.3, 0.4) is 0 Å². The van der Waals surface area contributed by atoms with Crippen molar-refractivity contribution in [1.82, 2.24) is 16.0 Å². The maximum Gasteiger partial charge on any atom is 0.326 e. The molecule has 0 aromatic heterocycles. The van der Waals surface area contributed by atoms with Crippen LogP contribution in [0.4, 0.5) is 4.79 Å². The highest BCUT2D eigenvalue weighted by Crippen LogP contribution is 2.20. The van der Waals surface area contributed by atoms with E-state index in [1.165, 1.54) is 32.2 Å². The normalized spacial score (nSPS) is 11.2. The van der Waals surface area contributed by atoms with Gasteiger partial charge in [-0.15, -0.1) is 0 Å². The van der Waals surface area contributed by atoms with Crippen molar-refractivity contribution in [3.63, 3.8) is 0 Å². The molecule has 0 saturated carbocycles. The van der Waals surface area contributed by atoms with Crippen LogP contribution in [0.15, 0.2) is 18.2 Å². The Bertz CT molecular complexity index is 666. The summed E-state index contributed by atoms with van der Waals surface area (Å²) in [5.41, 5.74) is 0.138. The van der Waals surface area contributed by atoms with Gasteiger partial charge in [0.2, 0.25) is 0 Å². The average molecular weight is 376 g/mol. The van der Waals surface area contributed by atoms with Gasteiger partial charge in [0.15, 0.2) is 6.10 Å². The minimum Gasteiger partial charge on any atom is -0.451 e. The number of carbonyl (C=O) groups is 4. The molecule has 0 saturated heterocycles. The Labute approximate surface area is 147 Å². The summed E-state index contributed by atoms with van der Waals surface area (Å²) in [6.45, 7) is 0.809. The van der Waals surface area contributed by atoms with Gasteiger partial charge in [-0.2, -0.15) is 0 Å². The highest BCUT2D eigenvalue weighted by atomic mass is 35.5. The maximum atomic E-state index is 11.9. The Kier molecular flexibility index (Phi) is 7.47. The van der Waals surface area contributed by atoms with Crippen LogP contribution in [0.2, 0.25) is 10.0 Å². The largest absolute Gasteiger partial charge is 0.451 e. The van der Waals surface area contributed by atoms with E-state index in [2.05, 4.69) is 10.6 Å². The van der Waals surface area contributed by atoms with Gasteiger partial charge in [0.25, 0.3) is 11.8 Å². The van der Waals surface area contributed by atoms with Crippen LogP contribution < -0.4 is 16.0 Å². The first kappa shape index (κ1) is 19.7. The fourth-order valence-electron chi connectivity index (χ4n) is 1.49. The molecule has 0 bridgehead atoms. The summed E-state index contributed by atoms with van der Waals surface area (Å²) in [7, 11) is 1.33. The lowest BCUT2D eigenvalue weighted by atomic mass is 10.2. The lowest BCUT2D eigenvalue weighted by molar-refractivity contribution is -0.153. The van der Waals surface area contributed by atoms with Crippen molar-refractivity contribution in [2.24, 2.45) is 0 Å². The quantitative estimate of drug-likeness (QED) is 0.667. The summed E-state index contributed by atoms with van der Waals surface area (Å²) in [5.74, 6) is -2.25. The van der Waals surface area contributed by atoms with Crippen LogP contribution in [0.1, 0.15) is 17.3 Å². The number of rotatable bonds is 5.